The Morgan fingerprint density at radius 1 is 1.47 bits per heavy atom. The van der Waals surface area contributed by atoms with E-state index in [1.165, 1.54) is 0 Å². The Balaban J connectivity index is 0.00000196. The molecule has 0 aliphatic carbocycles. The van der Waals surface area contributed by atoms with Gasteiger partial charge in [0.05, 0.1) is 5.56 Å². The molecule has 3 N–H and O–H groups in total. The fourth-order valence-electron chi connectivity index (χ4n) is 1.38. The molecule has 0 radical (unpaired) electrons. The summed E-state index contributed by atoms with van der Waals surface area (Å²) < 4.78 is 0. The highest BCUT2D eigenvalue weighted by Crippen LogP contribution is 2.15. The van der Waals surface area contributed by atoms with Crippen molar-refractivity contribution in [2.75, 3.05) is 18.0 Å². The Kier molecular flexibility index (Phi) is 5.70. The van der Waals surface area contributed by atoms with Crippen LogP contribution in [0.3, 0.4) is 0 Å². The molecule has 0 saturated carbocycles. The molecule has 5 heteroatoms. The van der Waals surface area contributed by atoms with Gasteiger partial charge in [-0.3, -0.25) is 5.41 Å². The zero-order valence-electron chi connectivity index (χ0n) is 9.03. The maximum Gasteiger partial charge on any atom is 0.139 e. The predicted octanol–water partition coefficient (Wildman–Crippen LogP) is 1.63. The molecule has 1 aromatic heterocycles. The van der Waals surface area contributed by atoms with Crippen LogP contribution in [0, 0.1) is 5.41 Å². The third-order valence-corrected chi connectivity index (χ3v) is 2.14. The second-order valence-electron chi connectivity index (χ2n) is 2.96. The van der Waals surface area contributed by atoms with Crippen LogP contribution in [-0.2, 0) is 0 Å². The summed E-state index contributed by atoms with van der Waals surface area (Å²) in [5, 5.41) is 7.43. The molecule has 1 rings (SSSR count). The highest BCUT2D eigenvalue weighted by Gasteiger charge is 2.10. The van der Waals surface area contributed by atoms with Crippen molar-refractivity contribution in [1.29, 1.82) is 5.41 Å². The molecule has 4 nitrogen and oxygen atoms in total. The maximum atomic E-state index is 7.43. The highest BCUT2D eigenvalue weighted by atomic mass is 35.5. The number of aromatic nitrogens is 1. The van der Waals surface area contributed by atoms with Crippen LogP contribution >= 0.6 is 12.4 Å². The summed E-state index contributed by atoms with van der Waals surface area (Å²) in [5.74, 6) is 0.866. The zero-order chi connectivity index (χ0) is 10.6. The van der Waals surface area contributed by atoms with Gasteiger partial charge in [0, 0.05) is 19.3 Å². The zero-order valence-corrected chi connectivity index (χ0v) is 9.84. The van der Waals surface area contributed by atoms with Gasteiger partial charge in [-0.1, -0.05) is 0 Å². The molecule has 84 valence electrons. The van der Waals surface area contributed by atoms with Gasteiger partial charge in [-0.25, -0.2) is 4.98 Å². The van der Waals surface area contributed by atoms with Gasteiger partial charge in [-0.2, -0.15) is 0 Å². The quantitative estimate of drug-likeness (QED) is 0.608. The van der Waals surface area contributed by atoms with Crippen LogP contribution in [0.5, 0.6) is 0 Å². The monoisotopic (exact) mass is 228 g/mol. The Hall–Kier alpha value is -1.29. The first-order chi connectivity index (χ1) is 6.70. The first-order valence-corrected chi connectivity index (χ1v) is 4.75. The number of rotatable bonds is 4. The van der Waals surface area contributed by atoms with E-state index in [4.69, 9.17) is 11.1 Å². The molecular formula is C10H17ClN4. The van der Waals surface area contributed by atoms with Crippen molar-refractivity contribution in [3.8, 4) is 0 Å². The summed E-state index contributed by atoms with van der Waals surface area (Å²) in [4.78, 5) is 6.33. The topological polar surface area (TPSA) is 66.0 Å². The van der Waals surface area contributed by atoms with E-state index in [2.05, 4.69) is 23.7 Å². The molecule has 0 atom stereocenters. The average Bonchev–Trinajstić information content (AvgIpc) is 2.20. The van der Waals surface area contributed by atoms with Crippen LogP contribution in [0.1, 0.15) is 19.4 Å². The van der Waals surface area contributed by atoms with Gasteiger partial charge >= 0.3 is 0 Å². The normalized spacial score (nSPS) is 9.20. The van der Waals surface area contributed by atoms with Crippen molar-refractivity contribution in [1.82, 2.24) is 4.98 Å². The Morgan fingerprint density at radius 3 is 2.53 bits per heavy atom. The van der Waals surface area contributed by atoms with E-state index in [-0.39, 0.29) is 18.2 Å². The van der Waals surface area contributed by atoms with E-state index in [9.17, 15) is 0 Å². The standard InChI is InChI=1S/C10H16N4.ClH/c1-3-14(4-2)10-8(9(11)12)6-5-7-13-10;/h5-7H,3-4H2,1-2H3,(H3,11,12);1H. The Morgan fingerprint density at radius 2 is 2.07 bits per heavy atom. The maximum absolute atomic E-state index is 7.43. The second-order valence-corrected chi connectivity index (χ2v) is 2.96. The Bertz CT molecular complexity index is 323. The summed E-state index contributed by atoms with van der Waals surface area (Å²) in [6.07, 6.45) is 1.72. The number of amidine groups is 1. The highest BCUT2D eigenvalue weighted by molar-refractivity contribution is 5.99. The number of hydrogen-bond acceptors (Lipinski definition) is 3. The minimum atomic E-state index is 0. The van der Waals surface area contributed by atoms with Crippen LogP contribution in [0.2, 0.25) is 0 Å². The molecule has 15 heavy (non-hydrogen) atoms. The largest absolute Gasteiger partial charge is 0.384 e. The van der Waals surface area contributed by atoms with E-state index < -0.39 is 0 Å². The van der Waals surface area contributed by atoms with E-state index >= 15 is 0 Å². The summed E-state index contributed by atoms with van der Waals surface area (Å²) in [6, 6.07) is 3.62. The van der Waals surface area contributed by atoms with Gasteiger partial charge in [-0.05, 0) is 26.0 Å². The third kappa shape index (κ3) is 3.09. The molecule has 0 unspecified atom stereocenters. The molecular weight excluding hydrogens is 212 g/mol. The van der Waals surface area contributed by atoms with Crippen molar-refractivity contribution >= 4 is 24.1 Å². The van der Waals surface area contributed by atoms with Crippen LogP contribution in [0.25, 0.3) is 0 Å². The number of nitrogens with two attached hydrogens (primary N) is 1. The van der Waals surface area contributed by atoms with Crippen molar-refractivity contribution in [3.05, 3.63) is 23.9 Å². The van der Waals surface area contributed by atoms with Crippen molar-refractivity contribution in [3.63, 3.8) is 0 Å². The van der Waals surface area contributed by atoms with Crippen molar-refractivity contribution < 1.29 is 0 Å². The summed E-state index contributed by atoms with van der Waals surface area (Å²) in [7, 11) is 0. The summed E-state index contributed by atoms with van der Waals surface area (Å²) >= 11 is 0. The molecule has 0 spiro atoms. The Labute approximate surface area is 96.4 Å². The van der Waals surface area contributed by atoms with E-state index in [1.807, 2.05) is 6.07 Å². The van der Waals surface area contributed by atoms with Crippen molar-refractivity contribution in [2.24, 2.45) is 5.73 Å². The SMILES string of the molecule is CCN(CC)c1ncccc1C(=N)N.Cl. The van der Waals surface area contributed by atoms with Gasteiger partial charge in [0.1, 0.15) is 11.7 Å². The number of pyridine rings is 1. The third-order valence-electron chi connectivity index (χ3n) is 2.14. The van der Waals surface area contributed by atoms with Gasteiger partial charge < -0.3 is 10.6 Å². The number of nitrogens with one attached hydrogen (secondary N) is 1. The number of anilines is 1. The second kappa shape index (κ2) is 6.24. The van der Waals surface area contributed by atoms with Crippen LogP contribution in [0.4, 0.5) is 5.82 Å². The summed E-state index contributed by atoms with van der Waals surface area (Å²) in [6.45, 7) is 5.85. The lowest BCUT2D eigenvalue weighted by Gasteiger charge is -2.21. The fraction of sp³-hybridized carbons (Fsp3) is 0.400. The molecule has 1 heterocycles. The molecule has 0 aliphatic rings. The number of nitrogen functional groups attached to an aromatic ring is 1. The number of hydrogen-bond donors (Lipinski definition) is 2. The van der Waals surface area contributed by atoms with Crippen LogP contribution in [0.15, 0.2) is 18.3 Å². The first-order valence-electron chi connectivity index (χ1n) is 4.75. The van der Waals surface area contributed by atoms with Gasteiger partial charge in [-0.15, -0.1) is 12.4 Å². The number of halogens is 1. The van der Waals surface area contributed by atoms with E-state index in [0.717, 1.165) is 18.9 Å². The van der Waals surface area contributed by atoms with Gasteiger partial charge in [0.2, 0.25) is 0 Å². The van der Waals surface area contributed by atoms with E-state index in [1.54, 1.807) is 12.3 Å². The lowest BCUT2D eigenvalue weighted by molar-refractivity contribution is 0.844. The lowest BCUT2D eigenvalue weighted by atomic mass is 10.2. The minimum Gasteiger partial charge on any atom is -0.384 e. The molecule has 0 amide bonds. The molecule has 0 bridgehead atoms. The van der Waals surface area contributed by atoms with Crippen LogP contribution < -0.4 is 10.6 Å². The molecule has 0 fully saturated rings. The fourth-order valence-corrected chi connectivity index (χ4v) is 1.38. The van der Waals surface area contributed by atoms with Crippen molar-refractivity contribution in [2.45, 2.75) is 13.8 Å². The molecule has 0 aliphatic heterocycles. The smallest absolute Gasteiger partial charge is 0.139 e. The van der Waals surface area contributed by atoms with Gasteiger partial charge in [0.15, 0.2) is 0 Å². The number of nitrogens with zero attached hydrogens (tertiary/aromatic N) is 2. The average molecular weight is 229 g/mol. The summed E-state index contributed by atoms with van der Waals surface area (Å²) in [5.41, 5.74) is 6.18. The van der Waals surface area contributed by atoms with Gasteiger partial charge in [0.25, 0.3) is 0 Å². The first kappa shape index (κ1) is 13.7. The molecule has 1 aromatic rings. The molecule has 0 saturated heterocycles. The molecule has 0 aromatic carbocycles. The van der Waals surface area contributed by atoms with Crippen LogP contribution in [-0.4, -0.2) is 23.9 Å². The minimum absolute atomic E-state index is 0. The van der Waals surface area contributed by atoms with E-state index in [0.29, 0.717) is 5.56 Å². The predicted molar refractivity (Wildman–Crippen MR) is 66.1 cm³/mol. The lowest BCUT2D eigenvalue weighted by Crippen LogP contribution is -2.26.